The molecule has 0 saturated heterocycles. The van der Waals surface area contributed by atoms with E-state index in [-0.39, 0.29) is 5.56 Å². The summed E-state index contributed by atoms with van der Waals surface area (Å²) < 4.78 is 282. The Morgan fingerprint density at radius 3 is 1.29 bits per heavy atom. The van der Waals surface area contributed by atoms with E-state index >= 15 is 0 Å². The number of rotatable bonds is 5. The largest absolute Gasteiger partial charge is 0.309 e. The van der Waals surface area contributed by atoms with Crippen molar-refractivity contribution in [2.24, 2.45) is 0 Å². The normalized spacial score (nSPS) is 20.1. The smallest absolute Gasteiger partial charge is 0.0652 e. The van der Waals surface area contributed by atoms with E-state index in [1.807, 2.05) is 0 Å². The number of hydrogen-bond acceptors (Lipinski definition) is 0. The van der Waals surface area contributed by atoms with Crippen LogP contribution in [0.4, 0.5) is 0 Å². The topological polar surface area (TPSA) is 9.86 Å². The summed E-state index contributed by atoms with van der Waals surface area (Å²) >= 11 is 0. The van der Waals surface area contributed by atoms with Gasteiger partial charge in [-0.25, -0.2) is 0 Å². The SMILES string of the molecule is [2H]c1c([2H])c([2H])c(-c2c([2H])c(-c3c([2H])c([2H])c(-c4c([2H])c([2H])c(C)c([2H])c4[2H])c([2H])c3[2H])c([2H])c(-n3c4c([2H])c([2H])c([2H])c([2H])c4c4c([2H])c(-n5c6c([2H])c([2H])c([2H])c([2H])c6c6c([2H])c([2H])c([2H])c([2H])c65)c([2H])c([2H])c43)c2[2H])c([2H])c1[2H]. The first-order chi connectivity index (χ1) is 38.1. The molecule has 0 saturated carbocycles. The van der Waals surface area contributed by atoms with Gasteiger partial charge in [-0.3, -0.25) is 0 Å². The average Bonchev–Trinajstić information content (AvgIpc) is 1.79. The second-order valence-corrected chi connectivity index (χ2v) is 11.0. The van der Waals surface area contributed by atoms with Gasteiger partial charge in [-0.2, -0.15) is 0 Å². The van der Waals surface area contributed by atoms with E-state index in [2.05, 4.69) is 0 Å². The van der Waals surface area contributed by atoms with Crippen molar-refractivity contribution in [2.75, 3.05) is 0 Å². The van der Waals surface area contributed by atoms with Crippen LogP contribution < -0.4 is 0 Å². The highest BCUT2D eigenvalue weighted by atomic mass is 15.0. The van der Waals surface area contributed by atoms with Gasteiger partial charge in [-0.1, -0.05) is 138 Å². The lowest BCUT2D eigenvalue weighted by molar-refractivity contribution is 1.17. The first-order valence-corrected chi connectivity index (χ1v) is 15.1. The van der Waals surface area contributed by atoms with Gasteiger partial charge >= 0.3 is 0 Å². The fourth-order valence-electron chi connectivity index (χ4n) is 5.74. The van der Waals surface area contributed by atoms with Gasteiger partial charge < -0.3 is 9.13 Å². The lowest BCUT2D eigenvalue weighted by Gasteiger charge is -2.15. The van der Waals surface area contributed by atoms with Crippen LogP contribution in [0.25, 0.3) is 88.4 Å². The molecule has 0 aliphatic carbocycles. The lowest BCUT2D eigenvalue weighted by Crippen LogP contribution is -1.97. The molecule has 0 fully saturated rings. The minimum absolute atomic E-state index is 0.123. The van der Waals surface area contributed by atoms with Gasteiger partial charge in [0.1, 0.15) is 0 Å². The summed E-state index contributed by atoms with van der Waals surface area (Å²) in [6.45, 7) is 1.28. The highest BCUT2D eigenvalue weighted by Gasteiger charge is 2.17. The van der Waals surface area contributed by atoms with Gasteiger partial charge in [0.15, 0.2) is 0 Å². The summed E-state index contributed by atoms with van der Waals surface area (Å²) in [5.74, 6) is 0. The molecule has 0 bridgehead atoms. The van der Waals surface area contributed by atoms with E-state index in [9.17, 15) is 16.4 Å². The third-order valence-electron chi connectivity index (χ3n) is 7.99. The second-order valence-electron chi connectivity index (χ2n) is 11.0. The van der Waals surface area contributed by atoms with Crippen molar-refractivity contribution in [1.82, 2.24) is 9.13 Å². The van der Waals surface area contributed by atoms with Gasteiger partial charge in [0.2, 0.25) is 0 Å². The van der Waals surface area contributed by atoms with Crippen LogP contribution in [0.15, 0.2) is 187 Å². The maximum Gasteiger partial charge on any atom is 0.0652 e. The number of benzene rings is 8. The summed E-state index contributed by atoms with van der Waals surface area (Å²) in [6, 6.07) is -30.0. The van der Waals surface area contributed by atoms with Crippen LogP contribution in [0.2, 0.25) is 0 Å². The summed E-state index contributed by atoms with van der Waals surface area (Å²) in [4.78, 5) is 0. The third-order valence-corrected chi connectivity index (χ3v) is 7.99. The van der Waals surface area contributed by atoms with Crippen LogP contribution in [0.3, 0.4) is 0 Å². The molecule has 2 nitrogen and oxygen atoms in total. The van der Waals surface area contributed by atoms with Gasteiger partial charge in [0.05, 0.1) is 64.6 Å². The summed E-state index contributed by atoms with van der Waals surface area (Å²) in [6.07, 6.45) is 0. The average molecular weight is 682 g/mol. The summed E-state index contributed by atoms with van der Waals surface area (Å²) in [5.41, 5.74) is -10.3. The minimum Gasteiger partial charge on any atom is -0.309 e. The zero-order valence-corrected chi connectivity index (χ0v) is 25.9. The number of para-hydroxylation sites is 3. The molecule has 2 heterocycles. The van der Waals surface area contributed by atoms with Crippen LogP contribution in [0.1, 0.15) is 48.1 Å². The molecule has 2 heteroatoms. The lowest BCUT2D eigenvalue weighted by atomic mass is 9.96. The Bertz CT molecular complexity index is 4540. The zero-order valence-electron chi connectivity index (χ0n) is 56.9. The molecular formula is C49H34N2. The Morgan fingerprint density at radius 1 is 0.314 bits per heavy atom. The zero-order chi connectivity index (χ0) is 60.9. The van der Waals surface area contributed by atoms with Gasteiger partial charge in [0.25, 0.3) is 0 Å². The Hall–Kier alpha value is -6.64. The molecule has 0 aliphatic rings. The Balaban J connectivity index is 1.48. The molecule has 10 aromatic rings. The molecule has 8 aromatic carbocycles. The van der Waals surface area contributed by atoms with Crippen molar-refractivity contribution in [3.8, 4) is 44.8 Å². The van der Waals surface area contributed by atoms with Crippen LogP contribution >= 0.6 is 0 Å². The van der Waals surface area contributed by atoms with E-state index in [4.69, 9.17) is 26.0 Å². The predicted molar refractivity (Wildman–Crippen MR) is 216 cm³/mol. The van der Waals surface area contributed by atoms with E-state index in [0.29, 0.717) is 4.57 Å². The first-order valence-electron chi connectivity index (χ1n) is 30.6. The maximum absolute atomic E-state index is 10.0. The third kappa shape index (κ3) is 4.87. The fraction of sp³-hybridized carbons (Fsp3) is 0.0204. The number of aromatic nitrogens is 2. The van der Waals surface area contributed by atoms with Crippen LogP contribution in [-0.4, -0.2) is 9.13 Å². The van der Waals surface area contributed by atoms with Crippen molar-refractivity contribution in [3.63, 3.8) is 0 Å². The molecular weight excluding hydrogens is 617 g/mol. The molecule has 0 aliphatic heterocycles. The molecule has 10 rings (SSSR count). The van der Waals surface area contributed by atoms with Gasteiger partial charge in [0, 0.05) is 32.9 Å². The van der Waals surface area contributed by atoms with E-state index in [1.54, 1.807) is 0 Å². The highest BCUT2D eigenvalue weighted by molar-refractivity contribution is 6.12. The van der Waals surface area contributed by atoms with E-state index < -0.39 is 276 Å². The Labute approximate surface area is 340 Å². The van der Waals surface area contributed by atoms with Crippen molar-refractivity contribution in [3.05, 3.63) is 193 Å². The summed E-state index contributed by atoms with van der Waals surface area (Å²) in [7, 11) is 0. The van der Waals surface area contributed by atoms with Crippen molar-refractivity contribution in [1.29, 1.82) is 0 Å². The van der Waals surface area contributed by atoms with Crippen molar-refractivity contribution >= 4 is 43.6 Å². The van der Waals surface area contributed by atoms with Gasteiger partial charge in [-0.05, 0) is 94.7 Å². The highest BCUT2D eigenvalue weighted by Crippen LogP contribution is 2.39. The van der Waals surface area contributed by atoms with Gasteiger partial charge in [-0.15, -0.1) is 0 Å². The molecule has 0 spiro atoms. The van der Waals surface area contributed by atoms with Crippen molar-refractivity contribution in [2.45, 2.75) is 6.92 Å². The van der Waals surface area contributed by atoms with Crippen LogP contribution in [-0.2, 0) is 0 Å². The fourth-order valence-corrected chi connectivity index (χ4v) is 5.74. The molecule has 0 amide bonds. The summed E-state index contributed by atoms with van der Waals surface area (Å²) in [5, 5.41) is -2.46. The standard InChI is InChI=1S/C49H34N2/c1-33-19-21-35(22-20-33)36-23-25-37(26-24-36)39-29-38(34-11-3-2-4-12-34)30-41(31-39)51-48-18-10-7-15-44(48)45-32-40(27-28-49(45)51)50-46-16-8-5-13-42(46)43-14-6-9-17-47(43)50/h2-32H,1H3/i2D,3D,4D,5D,6D,7D,8D,9D,10D,11D,12D,13D,14D,15D,16D,17D,18D,19D,20D,21D,22D,23D,24D,25D,26D,27D,28D,29D,30D,31D,32D. The Morgan fingerprint density at radius 2 is 0.725 bits per heavy atom. The molecule has 51 heavy (non-hydrogen) atoms. The molecule has 0 radical (unpaired) electrons. The molecule has 0 atom stereocenters. The Kier molecular flexibility index (Phi) is 2.70. The monoisotopic (exact) mass is 681 g/mol. The predicted octanol–water partition coefficient (Wildman–Crippen LogP) is 13.2. The van der Waals surface area contributed by atoms with Crippen LogP contribution in [0, 0.1) is 6.92 Å². The maximum atomic E-state index is 10.0. The molecule has 0 unspecified atom stereocenters. The van der Waals surface area contributed by atoms with Crippen molar-refractivity contribution < 1.29 is 42.5 Å². The van der Waals surface area contributed by atoms with E-state index in [0.717, 1.165) is 4.57 Å². The quantitative estimate of drug-likeness (QED) is 0.171. The number of hydrogen-bond donors (Lipinski definition) is 0. The second kappa shape index (κ2) is 11.8. The molecule has 0 N–H and O–H groups in total. The number of nitrogens with zero attached hydrogens (tertiary/aromatic N) is 2. The number of fused-ring (bicyclic) bond motifs is 6. The van der Waals surface area contributed by atoms with Crippen LogP contribution in [0.5, 0.6) is 0 Å². The molecule has 240 valence electrons. The first kappa shape index (κ1) is 11.7. The van der Waals surface area contributed by atoms with E-state index in [1.165, 1.54) is 6.92 Å². The minimum atomic E-state index is -1.21. The molecule has 2 aromatic heterocycles.